The van der Waals surface area contributed by atoms with E-state index in [9.17, 15) is 9.90 Å². The minimum Gasteiger partial charge on any atom is -0.506 e. The largest absolute Gasteiger partial charge is 0.506 e. The molecule has 5 nitrogen and oxygen atoms in total. The first-order valence-corrected chi connectivity index (χ1v) is 8.38. The molecule has 0 radical (unpaired) electrons. The van der Waals surface area contributed by atoms with Crippen molar-refractivity contribution in [3.05, 3.63) is 24.0 Å². The smallest absolute Gasteiger partial charge is 0.224 e. The highest BCUT2D eigenvalue weighted by atomic mass is 16.3. The number of pyridine rings is 1. The zero-order valence-electron chi connectivity index (χ0n) is 13.0. The lowest BCUT2D eigenvalue weighted by atomic mass is 9.94. The fraction of sp³-hybridized carbons (Fsp3) is 0.647. The molecule has 1 unspecified atom stereocenters. The number of amides is 1. The first-order chi connectivity index (χ1) is 10.7. The van der Waals surface area contributed by atoms with Gasteiger partial charge in [0.15, 0.2) is 0 Å². The van der Waals surface area contributed by atoms with E-state index < -0.39 is 0 Å². The van der Waals surface area contributed by atoms with Crippen LogP contribution in [-0.2, 0) is 11.3 Å². The second-order valence-corrected chi connectivity index (χ2v) is 6.46. The van der Waals surface area contributed by atoms with Gasteiger partial charge < -0.3 is 10.4 Å². The average molecular weight is 303 g/mol. The van der Waals surface area contributed by atoms with E-state index in [-0.39, 0.29) is 17.6 Å². The van der Waals surface area contributed by atoms with E-state index in [1.807, 2.05) is 0 Å². The molecule has 0 aromatic carbocycles. The predicted octanol–water partition coefficient (Wildman–Crippen LogP) is 2.06. The number of nitrogens with zero attached hydrogens (tertiary/aromatic N) is 2. The Labute approximate surface area is 131 Å². The molecule has 1 aliphatic carbocycles. The Hall–Kier alpha value is -1.62. The number of hydrogen-bond acceptors (Lipinski definition) is 4. The number of carbonyl (C=O) groups excluding carboxylic acids is 1. The SMILES string of the molecule is O=C(NCc1ncccc1O)C1CCN(C2CCCCC2)C1. The molecule has 22 heavy (non-hydrogen) atoms. The third kappa shape index (κ3) is 3.58. The number of hydrogen-bond donors (Lipinski definition) is 2. The fourth-order valence-electron chi connectivity index (χ4n) is 3.66. The van der Waals surface area contributed by atoms with Crippen molar-refractivity contribution in [2.24, 2.45) is 5.92 Å². The van der Waals surface area contributed by atoms with Crippen molar-refractivity contribution in [2.45, 2.75) is 51.1 Å². The van der Waals surface area contributed by atoms with E-state index in [1.165, 1.54) is 32.1 Å². The molecule has 1 aromatic heterocycles. The van der Waals surface area contributed by atoms with Crippen LogP contribution in [0.15, 0.2) is 18.3 Å². The molecule has 120 valence electrons. The van der Waals surface area contributed by atoms with E-state index >= 15 is 0 Å². The van der Waals surface area contributed by atoms with Gasteiger partial charge in [-0.25, -0.2) is 0 Å². The van der Waals surface area contributed by atoms with Crippen molar-refractivity contribution in [2.75, 3.05) is 13.1 Å². The normalized spacial score (nSPS) is 23.5. The van der Waals surface area contributed by atoms with Crippen molar-refractivity contribution in [1.29, 1.82) is 0 Å². The van der Waals surface area contributed by atoms with Crippen LogP contribution in [-0.4, -0.2) is 40.0 Å². The van der Waals surface area contributed by atoms with Crippen LogP contribution in [0.25, 0.3) is 0 Å². The van der Waals surface area contributed by atoms with E-state index in [2.05, 4.69) is 15.2 Å². The first-order valence-electron chi connectivity index (χ1n) is 8.38. The lowest BCUT2D eigenvalue weighted by Crippen LogP contribution is -2.37. The van der Waals surface area contributed by atoms with Gasteiger partial charge >= 0.3 is 0 Å². The zero-order chi connectivity index (χ0) is 15.4. The molecule has 1 aromatic rings. The van der Waals surface area contributed by atoms with Gasteiger partial charge in [-0.2, -0.15) is 0 Å². The molecule has 1 aliphatic heterocycles. The van der Waals surface area contributed by atoms with Gasteiger partial charge in [-0.15, -0.1) is 0 Å². The molecule has 0 spiro atoms. The Kier molecular flexibility index (Phi) is 4.93. The third-order valence-corrected chi connectivity index (χ3v) is 4.98. The van der Waals surface area contributed by atoms with Crippen LogP contribution in [0.5, 0.6) is 5.75 Å². The Bertz CT molecular complexity index is 514. The molecule has 1 amide bonds. The maximum absolute atomic E-state index is 12.3. The number of nitrogens with one attached hydrogen (secondary N) is 1. The summed E-state index contributed by atoms with van der Waals surface area (Å²) in [7, 11) is 0. The topological polar surface area (TPSA) is 65.5 Å². The van der Waals surface area contributed by atoms with Gasteiger partial charge in [0, 0.05) is 18.8 Å². The summed E-state index contributed by atoms with van der Waals surface area (Å²) in [6.45, 7) is 2.22. The van der Waals surface area contributed by atoms with Crippen molar-refractivity contribution in [3.63, 3.8) is 0 Å². The summed E-state index contributed by atoms with van der Waals surface area (Å²) in [4.78, 5) is 18.9. The molecule has 2 fully saturated rings. The minimum absolute atomic E-state index is 0.0766. The fourth-order valence-corrected chi connectivity index (χ4v) is 3.66. The predicted molar refractivity (Wildman–Crippen MR) is 84.3 cm³/mol. The van der Waals surface area contributed by atoms with Crippen molar-refractivity contribution < 1.29 is 9.90 Å². The second kappa shape index (κ2) is 7.09. The van der Waals surface area contributed by atoms with Crippen molar-refractivity contribution in [3.8, 4) is 5.75 Å². The van der Waals surface area contributed by atoms with E-state index in [0.717, 1.165) is 19.5 Å². The van der Waals surface area contributed by atoms with E-state index in [4.69, 9.17) is 0 Å². The van der Waals surface area contributed by atoms with Crippen LogP contribution in [0.3, 0.4) is 0 Å². The van der Waals surface area contributed by atoms with Gasteiger partial charge in [-0.3, -0.25) is 14.7 Å². The maximum atomic E-state index is 12.3. The molecule has 0 bridgehead atoms. The number of aromatic nitrogens is 1. The van der Waals surface area contributed by atoms with Crippen LogP contribution in [0.4, 0.5) is 0 Å². The summed E-state index contributed by atoms with van der Waals surface area (Å²) in [6.07, 6.45) is 9.17. The molecule has 3 rings (SSSR count). The summed E-state index contributed by atoms with van der Waals surface area (Å²) < 4.78 is 0. The lowest BCUT2D eigenvalue weighted by molar-refractivity contribution is -0.124. The monoisotopic (exact) mass is 303 g/mol. The highest BCUT2D eigenvalue weighted by molar-refractivity contribution is 5.79. The van der Waals surface area contributed by atoms with Gasteiger partial charge in [0.05, 0.1) is 12.5 Å². The van der Waals surface area contributed by atoms with Crippen LogP contribution in [0.2, 0.25) is 0 Å². The standard InChI is InChI=1S/C17H25N3O2/c21-16-7-4-9-18-15(16)11-19-17(22)13-8-10-20(12-13)14-5-2-1-3-6-14/h4,7,9,13-14,21H,1-3,5-6,8,10-12H2,(H,19,22). The van der Waals surface area contributed by atoms with Crippen LogP contribution in [0, 0.1) is 5.92 Å². The Morgan fingerprint density at radius 3 is 2.91 bits per heavy atom. The highest BCUT2D eigenvalue weighted by Gasteiger charge is 2.32. The molecular weight excluding hydrogens is 278 g/mol. The number of rotatable bonds is 4. The van der Waals surface area contributed by atoms with Gasteiger partial charge in [0.2, 0.25) is 5.91 Å². The number of carbonyl (C=O) groups is 1. The molecule has 1 atom stereocenters. The Balaban J connectivity index is 1.48. The minimum atomic E-state index is 0.0766. The van der Waals surface area contributed by atoms with E-state index in [0.29, 0.717) is 18.3 Å². The maximum Gasteiger partial charge on any atom is 0.224 e. The molecule has 2 heterocycles. The molecular formula is C17H25N3O2. The number of aromatic hydroxyl groups is 1. The summed E-state index contributed by atoms with van der Waals surface area (Å²) in [5, 5.41) is 12.6. The quantitative estimate of drug-likeness (QED) is 0.893. The molecule has 1 saturated heterocycles. The van der Waals surface area contributed by atoms with Gasteiger partial charge in [-0.1, -0.05) is 19.3 Å². The summed E-state index contributed by atoms with van der Waals surface area (Å²) in [5.41, 5.74) is 0.526. The van der Waals surface area contributed by atoms with E-state index in [1.54, 1.807) is 18.3 Å². The number of likely N-dealkylation sites (tertiary alicyclic amines) is 1. The zero-order valence-corrected chi connectivity index (χ0v) is 13.0. The molecule has 2 N–H and O–H groups in total. The van der Waals surface area contributed by atoms with Crippen LogP contribution < -0.4 is 5.32 Å². The van der Waals surface area contributed by atoms with Gasteiger partial charge in [0.25, 0.3) is 0 Å². The van der Waals surface area contributed by atoms with Crippen LogP contribution in [0.1, 0.15) is 44.2 Å². The molecule has 1 saturated carbocycles. The summed E-state index contributed by atoms with van der Waals surface area (Å²) in [6, 6.07) is 3.96. The summed E-state index contributed by atoms with van der Waals surface area (Å²) in [5.74, 6) is 0.300. The van der Waals surface area contributed by atoms with Gasteiger partial charge in [-0.05, 0) is 37.9 Å². The molecule has 5 heteroatoms. The average Bonchev–Trinajstić information content (AvgIpc) is 3.05. The Morgan fingerprint density at radius 1 is 1.32 bits per heavy atom. The second-order valence-electron chi connectivity index (χ2n) is 6.46. The first kappa shape index (κ1) is 15.3. The van der Waals surface area contributed by atoms with Crippen molar-refractivity contribution >= 4 is 5.91 Å². The highest BCUT2D eigenvalue weighted by Crippen LogP contribution is 2.27. The van der Waals surface area contributed by atoms with Crippen LogP contribution >= 0.6 is 0 Å². The lowest BCUT2D eigenvalue weighted by Gasteiger charge is -2.30. The van der Waals surface area contributed by atoms with Crippen molar-refractivity contribution in [1.82, 2.24) is 15.2 Å². The van der Waals surface area contributed by atoms with Gasteiger partial charge in [0.1, 0.15) is 11.4 Å². The Morgan fingerprint density at radius 2 is 2.14 bits per heavy atom. The third-order valence-electron chi connectivity index (χ3n) is 4.98. The molecule has 2 aliphatic rings. The summed E-state index contributed by atoms with van der Waals surface area (Å²) >= 11 is 0.